The van der Waals surface area contributed by atoms with Gasteiger partial charge < -0.3 is 5.11 Å². The fourth-order valence-electron chi connectivity index (χ4n) is 0.941. The first kappa shape index (κ1) is 9.07. The summed E-state index contributed by atoms with van der Waals surface area (Å²) in [5.74, 6) is 0.0214. The van der Waals surface area contributed by atoms with E-state index in [0.717, 1.165) is 0 Å². The monoisotopic (exact) mass is 184 g/mol. The SMILES string of the molecule is CC(=O)c1cc(C)c(O)cc1Cl. The maximum absolute atomic E-state index is 11.0. The van der Waals surface area contributed by atoms with Crippen molar-refractivity contribution >= 4 is 17.4 Å². The molecule has 0 unspecified atom stereocenters. The molecule has 64 valence electrons. The first-order valence-corrected chi connectivity index (χ1v) is 3.90. The third-order valence-corrected chi connectivity index (χ3v) is 1.98. The van der Waals surface area contributed by atoms with E-state index in [1.807, 2.05) is 0 Å². The first-order chi connectivity index (χ1) is 5.52. The molecule has 12 heavy (non-hydrogen) atoms. The van der Waals surface area contributed by atoms with Crippen LogP contribution in [0.1, 0.15) is 22.8 Å². The predicted molar refractivity (Wildman–Crippen MR) is 47.9 cm³/mol. The Balaban J connectivity index is 3.33. The molecule has 1 rings (SSSR count). The average Bonchev–Trinajstić information content (AvgIpc) is 1.96. The molecule has 1 N–H and O–H groups in total. The van der Waals surface area contributed by atoms with E-state index in [1.165, 1.54) is 13.0 Å². The molecule has 1 aromatic carbocycles. The van der Waals surface area contributed by atoms with Crippen molar-refractivity contribution in [3.8, 4) is 5.75 Å². The highest BCUT2D eigenvalue weighted by Gasteiger charge is 2.08. The molecule has 0 saturated carbocycles. The van der Waals surface area contributed by atoms with Crippen LogP contribution in [-0.4, -0.2) is 10.9 Å². The van der Waals surface area contributed by atoms with Gasteiger partial charge in [-0.15, -0.1) is 0 Å². The van der Waals surface area contributed by atoms with Crippen molar-refractivity contribution in [3.63, 3.8) is 0 Å². The zero-order valence-corrected chi connectivity index (χ0v) is 7.64. The van der Waals surface area contributed by atoms with E-state index in [1.54, 1.807) is 13.0 Å². The fraction of sp³-hybridized carbons (Fsp3) is 0.222. The van der Waals surface area contributed by atoms with E-state index in [2.05, 4.69) is 0 Å². The standard InChI is InChI=1S/C9H9ClO2/c1-5-3-7(6(2)11)8(10)4-9(5)12/h3-4,12H,1-2H3. The first-order valence-electron chi connectivity index (χ1n) is 3.52. The summed E-state index contributed by atoms with van der Waals surface area (Å²) in [6.07, 6.45) is 0. The fourth-order valence-corrected chi connectivity index (χ4v) is 1.23. The summed E-state index contributed by atoms with van der Waals surface area (Å²) in [5, 5.41) is 9.51. The summed E-state index contributed by atoms with van der Waals surface area (Å²) in [7, 11) is 0. The van der Waals surface area contributed by atoms with Crippen molar-refractivity contribution in [2.75, 3.05) is 0 Å². The van der Waals surface area contributed by atoms with Gasteiger partial charge in [-0.3, -0.25) is 4.79 Å². The molecule has 0 aliphatic rings. The van der Waals surface area contributed by atoms with Crippen LogP contribution in [0.25, 0.3) is 0 Å². The van der Waals surface area contributed by atoms with E-state index >= 15 is 0 Å². The molecule has 0 radical (unpaired) electrons. The number of hydrogen-bond donors (Lipinski definition) is 1. The molecule has 0 aromatic heterocycles. The summed E-state index contributed by atoms with van der Waals surface area (Å²) < 4.78 is 0. The van der Waals surface area contributed by atoms with Crippen LogP contribution < -0.4 is 0 Å². The van der Waals surface area contributed by atoms with Crippen molar-refractivity contribution in [2.24, 2.45) is 0 Å². The third-order valence-electron chi connectivity index (χ3n) is 1.66. The minimum Gasteiger partial charge on any atom is -0.508 e. The lowest BCUT2D eigenvalue weighted by Crippen LogP contribution is -1.94. The molecular formula is C9H9ClO2. The zero-order chi connectivity index (χ0) is 9.30. The number of aromatic hydroxyl groups is 1. The highest BCUT2D eigenvalue weighted by molar-refractivity contribution is 6.34. The molecule has 2 nitrogen and oxygen atoms in total. The summed E-state index contributed by atoms with van der Waals surface area (Å²) in [6, 6.07) is 2.97. The molecule has 0 bridgehead atoms. The molecule has 0 spiro atoms. The van der Waals surface area contributed by atoms with Crippen molar-refractivity contribution in [1.82, 2.24) is 0 Å². The van der Waals surface area contributed by atoms with Crippen molar-refractivity contribution < 1.29 is 9.90 Å². The van der Waals surface area contributed by atoms with Crippen LogP contribution in [0.15, 0.2) is 12.1 Å². The van der Waals surface area contributed by atoms with Crippen LogP contribution in [0, 0.1) is 6.92 Å². The number of ketones is 1. The van der Waals surface area contributed by atoms with Gasteiger partial charge in [0.2, 0.25) is 0 Å². The van der Waals surface area contributed by atoms with Crippen molar-refractivity contribution in [1.29, 1.82) is 0 Å². The maximum Gasteiger partial charge on any atom is 0.161 e. The van der Waals surface area contributed by atoms with Crippen LogP contribution in [0.5, 0.6) is 5.75 Å². The van der Waals surface area contributed by atoms with Gasteiger partial charge >= 0.3 is 0 Å². The van der Waals surface area contributed by atoms with Gasteiger partial charge in [0, 0.05) is 5.56 Å². The van der Waals surface area contributed by atoms with E-state index in [-0.39, 0.29) is 11.5 Å². The Bertz CT molecular complexity index is 332. The Hall–Kier alpha value is -1.02. The number of carbonyl (C=O) groups is 1. The summed E-state index contributed by atoms with van der Waals surface area (Å²) in [6.45, 7) is 3.16. The molecule has 0 aliphatic carbocycles. The molecule has 0 saturated heterocycles. The molecule has 0 fully saturated rings. The van der Waals surface area contributed by atoms with Crippen LogP contribution in [0.3, 0.4) is 0 Å². The number of rotatable bonds is 1. The van der Waals surface area contributed by atoms with Gasteiger partial charge in [0.15, 0.2) is 5.78 Å². The topological polar surface area (TPSA) is 37.3 Å². The lowest BCUT2D eigenvalue weighted by Gasteiger charge is -2.03. The van der Waals surface area contributed by atoms with Gasteiger partial charge in [-0.25, -0.2) is 0 Å². The van der Waals surface area contributed by atoms with Gasteiger partial charge in [0.1, 0.15) is 5.75 Å². The Morgan fingerprint density at radius 2 is 2.08 bits per heavy atom. The number of benzene rings is 1. The van der Waals surface area contributed by atoms with Gasteiger partial charge in [0.05, 0.1) is 5.02 Å². The van der Waals surface area contributed by atoms with Gasteiger partial charge in [0.25, 0.3) is 0 Å². The lowest BCUT2D eigenvalue weighted by molar-refractivity contribution is 0.101. The molecule has 0 amide bonds. The highest BCUT2D eigenvalue weighted by Crippen LogP contribution is 2.25. The van der Waals surface area contributed by atoms with E-state index in [4.69, 9.17) is 11.6 Å². The van der Waals surface area contributed by atoms with Crippen LogP contribution in [-0.2, 0) is 0 Å². The smallest absolute Gasteiger partial charge is 0.161 e. The Morgan fingerprint density at radius 1 is 1.50 bits per heavy atom. The van der Waals surface area contributed by atoms with Gasteiger partial charge in [-0.1, -0.05) is 11.6 Å². The van der Waals surface area contributed by atoms with Crippen LogP contribution >= 0.6 is 11.6 Å². The van der Waals surface area contributed by atoms with Crippen LogP contribution in [0.2, 0.25) is 5.02 Å². The maximum atomic E-state index is 11.0. The highest BCUT2D eigenvalue weighted by atomic mass is 35.5. The predicted octanol–water partition coefficient (Wildman–Crippen LogP) is 2.56. The molecule has 0 aliphatic heterocycles. The number of carbonyl (C=O) groups excluding carboxylic acids is 1. The van der Waals surface area contributed by atoms with E-state index < -0.39 is 0 Å². The Labute approximate surface area is 75.8 Å². The molecule has 1 aromatic rings. The number of aryl methyl sites for hydroxylation is 1. The molecule has 0 heterocycles. The number of phenolic OH excluding ortho intramolecular Hbond substituents is 1. The van der Waals surface area contributed by atoms with Gasteiger partial charge in [-0.05, 0) is 31.5 Å². The second-order valence-electron chi connectivity index (χ2n) is 2.67. The average molecular weight is 185 g/mol. The lowest BCUT2D eigenvalue weighted by atomic mass is 10.1. The zero-order valence-electron chi connectivity index (χ0n) is 6.89. The van der Waals surface area contributed by atoms with Crippen LogP contribution in [0.4, 0.5) is 0 Å². The molecule has 3 heteroatoms. The molecular weight excluding hydrogens is 176 g/mol. The quantitative estimate of drug-likeness (QED) is 0.682. The third kappa shape index (κ3) is 1.59. The number of Topliss-reactive ketones (excluding diaryl/α,β-unsaturated/α-hetero) is 1. The summed E-state index contributed by atoms with van der Waals surface area (Å²) in [5.41, 5.74) is 1.11. The summed E-state index contributed by atoms with van der Waals surface area (Å²) >= 11 is 5.72. The van der Waals surface area contributed by atoms with Crippen molar-refractivity contribution in [2.45, 2.75) is 13.8 Å². The Kier molecular flexibility index (Phi) is 2.38. The second kappa shape index (κ2) is 3.15. The van der Waals surface area contributed by atoms with E-state index in [9.17, 15) is 9.90 Å². The minimum absolute atomic E-state index is 0.0944. The Morgan fingerprint density at radius 3 is 2.58 bits per heavy atom. The number of hydrogen-bond acceptors (Lipinski definition) is 2. The minimum atomic E-state index is -0.0944. The number of halogens is 1. The largest absolute Gasteiger partial charge is 0.508 e. The van der Waals surface area contributed by atoms with E-state index in [0.29, 0.717) is 16.1 Å². The summed E-state index contributed by atoms with van der Waals surface area (Å²) in [4.78, 5) is 11.0. The normalized spacial score (nSPS) is 9.92. The second-order valence-corrected chi connectivity index (χ2v) is 3.08. The number of phenols is 1. The van der Waals surface area contributed by atoms with Crippen molar-refractivity contribution in [3.05, 3.63) is 28.3 Å². The van der Waals surface area contributed by atoms with Gasteiger partial charge in [-0.2, -0.15) is 0 Å². The molecule has 0 atom stereocenters.